The van der Waals surface area contributed by atoms with Crippen molar-refractivity contribution in [3.63, 3.8) is 0 Å². The number of nitrogens with one attached hydrogen (secondary N) is 1. The van der Waals surface area contributed by atoms with E-state index in [2.05, 4.69) is 19.3 Å². The van der Waals surface area contributed by atoms with E-state index in [1.807, 2.05) is 6.07 Å². The summed E-state index contributed by atoms with van der Waals surface area (Å²) < 4.78 is 0. The highest BCUT2D eigenvalue weighted by atomic mass is 32.2. The summed E-state index contributed by atoms with van der Waals surface area (Å²) in [6.45, 7) is 4.21. The molecule has 5 nitrogen and oxygen atoms in total. The van der Waals surface area contributed by atoms with Crippen LogP contribution in [-0.4, -0.2) is 34.7 Å². The molecule has 1 rings (SSSR count). The lowest BCUT2D eigenvalue weighted by Crippen LogP contribution is -2.48. The van der Waals surface area contributed by atoms with Crippen LogP contribution >= 0.6 is 11.8 Å². The van der Waals surface area contributed by atoms with E-state index in [4.69, 9.17) is 10.6 Å². The third-order valence-electron chi connectivity index (χ3n) is 2.45. The number of rotatable bonds is 8. The van der Waals surface area contributed by atoms with Crippen molar-refractivity contribution in [2.45, 2.75) is 26.0 Å². The molecule has 4 N–H and O–H groups in total. The van der Waals surface area contributed by atoms with Gasteiger partial charge in [-0.25, -0.2) is 0 Å². The molecule has 0 saturated heterocycles. The van der Waals surface area contributed by atoms with Crippen molar-refractivity contribution in [3.8, 4) is 5.75 Å². The molecule has 0 aliphatic heterocycles. The van der Waals surface area contributed by atoms with E-state index >= 15 is 0 Å². The lowest BCUT2D eigenvalue weighted by molar-refractivity contribution is -0.137. The molecule has 2 atom stereocenters. The first-order chi connectivity index (χ1) is 9.50. The SMILES string of the molecule is CC(C)CSC[C@@H](N)[C@H](O)C(=O)NOc1ccccc1. The monoisotopic (exact) mass is 298 g/mol. The van der Waals surface area contributed by atoms with E-state index in [1.54, 1.807) is 36.0 Å². The zero-order valence-electron chi connectivity index (χ0n) is 11.8. The summed E-state index contributed by atoms with van der Waals surface area (Å²) in [4.78, 5) is 16.7. The number of carbonyl (C=O) groups is 1. The largest absolute Gasteiger partial charge is 0.381 e. The van der Waals surface area contributed by atoms with Crippen LogP contribution < -0.4 is 16.1 Å². The minimum absolute atomic E-state index is 0.496. The van der Waals surface area contributed by atoms with Crippen molar-refractivity contribution < 1.29 is 14.7 Å². The van der Waals surface area contributed by atoms with Gasteiger partial charge in [0.25, 0.3) is 5.91 Å². The number of nitrogens with two attached hydrogens (primary N) is 1. The number of hydrogen-bond donors (Lipinski definition) is 3. The highest BCUT2D eigenvalue weighted by Gasteiger charge is 2.23. The van der Waals surface area contributed by atoms with Crippen molar-refractivity contribution in [3.05, 3.63) is 30.3 Å². The highest BCUT2D eigenvalue weighted by Crippen LogP contribution is 2.10. The Bertz CT molecular complexity index is 401. The van der Waals surface area contributed by atoms with E-state index in [-0.39, 0.29) is 0 Å². The van der Waals surface area contributed by atoms with Gasteiger partial charge in [0.15, 0.2) is 11.9 Å². The van der Waals surface area contributed by atoms with Gasteiger partial charge in [0, 0.05) is 11.8 Å². The fraction of sp³-hybridized carbons (Fsp3) is 0.500. The first-order valence-electron chi connectivity index (χ1n) is 6.54. The van der Waals surface area contributed by atoms with E-state index in [9.17, 15) is 9.90 Å². The maximum absolute atomic E-state index is 11.7. The number of carbonyl (C=O) groups excluding carboxylic acids is 1. The van der Waals surface area contributed by atoms with Gasteiger partial charge in [-0.15, -0.1) is 0 Å². The van der Waals surface area contributed by atoms with Crippen molar-refractivity contribution in [1.82, 2.24) is 5.48 Å². The Hall–Kier alpha value is -1.24. The van der Waals surface area contributed by atoms with Gasteiger partial charge in [-0.05, 0) is 23.8 Å². The van der Waals surface area contributed by atoms with E-state index in [1.165, 1.54) is 0 Å². The molecule has 1 amide bonds. The first-order valence-corrected chi connectivity index (χ1v) is 7.69. The summed E-state index contributed by atoms with van der Waals surface area (Å²) in [6.07, 6.45) is -1.28. The van der Waals surface area contributed by atoms with Gasteiger partial charge in [-0.2, -0.15) is 17.2 Å². The smallest absolute Gasteiger partial charge is 0.283 e. The molecule has 1 aromatic rings. The molecule has 0 heterocycles. The second kappa shape index (κ2) is 8.84. The Kier molecular flexibility index (Phi) is 7.43. The van der Waals surface area contributed by atoms with E-state index in [0.29, 0.717) is 17.4 Å². The summed E-state index contributed by atoms with van der Waals surface area (Å²) in [7, 11) is 0. The predicted octanol–water partition coefficient (Wildman–Crippen LogP) is 1.17. The Balaban J connectivity index is 2.31. The fourth-order valence-electron chi connectivity index (χ4n) is 1.38. The number of aliphatic hydroxyl groups is 1. The molecule has 6 heteroatoms. The number of hydrogen-bond acceptors (Lipinski definition) is 5. The Morgan fingerprint density at radius 1 is 1.35 bits per heavy atom. The molecule has 0 aliphatic rings. The Morgan fingerprint density at radius 2 is 2.00 bits per heavy atom. The Labute approximate surface area is 123 Å². The van der Waals surface area contributed by atoms with Crippen molar-refractivity contribution >= 4 is 17.7 Å². The maximum Gasteiger partial charge on any atom is 0.283 e. The zero-order valence-corrected chi connectivity index (χ0v) is 12.6. The van der Waals surface area contributed by atoms with Gasteiger partial charge in [0.1, 0.15) is 0 Å². The molecule has 0 bridgehead atoms. The number of aliphatic hydroxyl groups excluding tert-OH is 1. The number of thioether (sulfide) groups is 1. The number of para-hydroxylation sites is 1. The first kappa shape index (κ1) is 16.8. The van der Waals surface area contributed by atoms with E-state index < -0.39 is 18.1 Å². The van der Waals surface area contributed by atoms with Crippen LogP contribution in [0.2, 0.25) is 0 Å². The second-order valence-electron chi connectivity index (χ2n) is 4.92. The zero-order chi connectivity index (χ0) is 15.0. The fourth-order valence-corrected chi connectivity index (χ4v) is 2.45. The van der Waals surface area contributed by atoms with Crippen molar-refractivity contribution in [2.24, 2.45) is 11.7 Å². The normalized spacial score (nSPS) is 13.8. The van der Waals surface area contributed by atoms with Crippen LogP contribution in [0.3, 0.4) is 0 Å². The third-order valence-corrected chi connectivity index (χ3v) is 3.97. The van der Waals surface area contributed by atoms with Crippen LogP contribution in [0.1, 0.15) is 13.8 Å². The summed E-state index contributed by atoms with van der Waals surface area (Å²) in [6, 6.07) is 8.19. The minimum Gasteiger partial charge on any atom is -0.381 e. The topological polar surface area (TPSA) is 84.6 Å². The third kappa shape index (κ3) is 6.27. The number of amides is 1. The quantitative estimate of drug-likeness (QED) is 0.628. The molecular formula is C14H22N2O3S. The average Bonchev–Trinajstić information content (AvgIpc) is 2.44. The molecular weight excluding hydrogens is 276 g/mol. The molecule has 112 valence electrons. The molecule has 0 aliphatic carbocycles. The van der Waals surface area contributed by atoms with Crippen molar-refractivity contribution in [1.29, 1.82) is 0 Å². The van der Waals surface area contributed by atoms with Crippen LogP contribution in [-0.2, 0) is 4.79 Å². The van der Waals surface area contributed by atoms with Crippen molar-refractivity contribution in [2.75, 3.05) is 11.5 Å². The van der Waals surface area contributed by atoms with Crippen LogP contribution in [0.15, 0.2) is 30.3 Å². The van der Waals surface area contributed by atoms with Gasteiger partial charge in [-0.3, -0.25) is 4.79 Å². The summed E-state index contributed by atoms with van der Waals surface area (Å²) in [5.41, 5.74) is 7.99. The molecule has 0 fully saturated rings. The number of benzene rings is 1. The summed E-state index contributed by atoms with van der Waals surface area (Å²) in [5.74, 6) is 1.89. The number of hydroxylamine groups is 1. The summed E-state index contributed by atoms with van der Waals surface area (Å²) in [5, 5.41) is 9.80. The molecule has 0 saturated carbocycles. The van der Waals surface area contributed by atoms with Crippen LogP contribution in [0.25, 0.3) is 0 Å². The minimum atomic E-state index is -1.28. The molecule has 0 aromatic heterocycles. The van der Waals surface area contributed by atoms with Gasteiger partial charge in [-0.1, -0.05) is 32.0 Å². The highest BCUT2D eigenvalue weighted by molar-refractivity contribution is 7.99. The van der Waals surface area contributed by atoms with Crippen LogP contribution in [0.4, 0.5) is 0 Å². The van der Waals surface area contributed by atoms with Gasteiger partial charge >= 0.3 is 0 Å². The maximum atomic E-state index is 11.7. The predicted molar refractivity (Wildman–Crippen MR) is 81.4 cm³/mol. The van der Waals surface area contributed by atoms with E-state index in [0.717, 1.165) is 5.75 Å². The molecule has 20 heavy (non-hydrogen) atoms. The van der Waals surface area contributed by atoms with Crippen LogP contribution in [0, 0.1) is 5.92 Å². The lowest BCUT2D eigenvalue weighted by atomic mass is 10.2. The lowest BCUT2D eigenvalue weighted by Gasteiger charge is -2.18. The average molecular weight is 298 g/mol. The van der Waals surface area contributed by atoms with Crippen LogP contribution in [0.5, 0.6) is 5.75 Å². The van der Waals surface area contributed by atoms with Gasteiger partial charge in [0.2, 0.25) is 0 Å². The Morgan fingerprint density at radius 3 is 2.60 bits per heavy atom. The summed E-state index contributed by atoms with van der Waals surface area (Å²) >= 11 is 1.62. The van der Waals surface area contributed by atoms with Gasteiger partial charge in [0.05, 0.1) is 0 Å². The molecule has 0 unspecified atom stereocenters. The molecule has 0 radical (unpaired) electrons. The molecule has 0 spiro atoms. The standard InChI is InChI=1S/C14H22N2O3S/c1-10(2)8-20-9-12(15)13(17)14(18)16-19-11-6-4-3-5-7-11/h3-7,10,12-13,17H,8-9,15H2,1-2H3,(H,16,18)/t12-,13+/m1/s1. The second-order valence-corrected chi connectivity index (χ2v) is 6.00. The molecule has 1 aromatic carbocycles. The van der Waals surface area contributed by atoms with Gasteiger partial charge < -0.3 is 15.7 Å².